The summed E-state index contributed by atoms with van der Waals surface area (Å²) in [7, 11) is 0. The fourth-order valence-electron chi connectivity index (χ4n) is 2.10. The molecule has 0 bridgehead atoms. The van der Waals surface area contributed by atoms with Crippen LogP contribution in [0.15, 0.2) is 11.4 Å². The molecular formula is C12H17NO3S. The second-order valence-corrected chi connectivity index (χ2v) is 5.14. The second kappa shape index (κ2) is 5.62. The first kappa shape index (κ1) is 12.5. The van der Waals surface area contributed by atoms with Crippen molar-refractivity contribution < 1.29 is 14.6 Å². The summed E-state index contributed by atoms with van der Waals surface area (Å²) >= 11 is 1.79. The Balaban J connectivity index is 1.94. The molecule has 17 heavy (non-hydrogen) atoms. The highest BCUT2D eigenvalue weighted by Crippen LogP contribution is 2.24. The minimum Gasteiger partial charge on any atom is -0.479 e. The molecule has 5 heteroatoms. The number of ether oxygens (including phenoxy) is 1. The van der Waals surface area contributed by atoms with E-state index in [0.29, 0.717) is 13.2 Å². The number of aliphatic carboxylic acids is 1. The van der Waals surface area contributed by atoms with Gasteiger partial charge in [-0.2, -0.15) is 0 Å². The number of rotatable bonds is 5. The minimum atomic E-state index is -0.872. The van der Waals surface area contributed by atoms with Crippen LogP contribution in [0, 0.1) is 0 Å². The molecule has 0 aromatic carbocycles. The zero-order valence-electron chi connectivity index (χ0n) is 9.89. The maximum absolute atomic E-state index is 11.0. The van der Waals surface area contributed by atoms with Gasteiger partial charge in [0.15, 0.2) is 6.10 Å². The molecule has 94 valence electrons. The Morgan fingerprint density at radius 1 is 1.71 bits per heavy atom. The zero-order chi connectivity index (χ0) is 12.3. The van der Waals surface area contributed by atoms with Crippen LogP contribution in [0.3, 0.4) is 0 Å². The molecule has 1 aromatic heterocycles. The summed E-state index contributed by atoms with van der Waals surface area (Å²) in [5, 5.41) is 11.1. The predicted octanol–water partition coefficient (Wildman–Crippen LogP) is 1.60. The average Bonchev–Trinajstić information content (AvgIpc) is 2.75. The Labute approximate surface area is 105 Å². The number of thiophene rings is 1. The molecule has 0 fully saturated rings. The van der Waals surface area contributed by atoms with Crippen LogP contribution < -0.4 is 0 Å². The van der Waals surface area contributed by atoms with Gasteiger partial charge >= 0.3 is 5.97 Å². The normalized spacial score (nSPS) is 17.7. The molecule has 0 radical (unpaired) electrons. The SMILES string of the molecule is CCOC(CN1CCc2sccc2C1)C(=O)O. The highest BCUT2D eigenvalue weighted by Gasteiger charge is 2.24. The van der Waals surface area contributed by atoms with Crippen molar-refractivity contribution in [3.8, 4) is 0 Å². The number of hydrogen-bond donors (Lipinski definition) is 1. The Hall–Kier alpha value is -0.910. The Morgan fingerprint density at radius 3 is 3.24 bits per heavy atom. The summed E-state index contributed by atoms with van der Waals surface area (Å²) in [6.45, 7) is 4.50. The van der Waals surface area contributed by atoms with Crippen LogP contribution in [0.25, 0.3) is 0 Å². The van der Waals surface area contributed by atoms with Crippen LogP contribution in [0.5, 0.6) is 0 Å². The summed E-state index contributed by atoms with van der Waals surface area (Å²) < 4.78 is 5.24. The fraction of sp³-hybridized carbons (Fsp3) is 0.583. The Morgan fingerprint density at radius 2 is 2.53 bits per heavy atom. The molecule has 2 heterocycles. The van der Waals surface area contributed by atoms with E-state index in [0.717, 1.165) is 19.5 Å². The van der Waals surface area contributed by atoms with Gasteiger partial charge in [0.05, 0.1) is 0 Å². The van der Waals surface area contributed by atoms with Crippen molar-refractivity contribution in [2.75, 3.05) is 19.7 Å². The summed E-state index contributed by atoms with van der Waals surface area (Å²) in [4.78, 5) is 14.6. The van der Waals surface area contributed by atoms with E-state index in [1.54, 1.807) is 11.3 Å². The summed E-state index contributed by atoms with van der Waals surface area (Å²) in [5.41, 5.74) is 1.34. The van der Waals surface area contributed by atoms with E-state index in [2.05, 4.69) is 16.3 Å². The third kappa shape index (κ3) is 3.06. The van der Waals surface area contributed by atoms with Gasteiger partial charge in [0, 0.05) is 31.1 Å². The van der Waals surface area contributed by atoms with Gasteiger partial charge in [-0.15, -0.1) is 11.3 Å². The van der Waals surface area contributed by atoms with Gasteiger partial charge in [-0.25, -0.2) is 4.79 Å². The van der Waals surface area contributed by atoms with Gasteiger partial charge in [-0.1, -0.05) is 0 Å². The van der Waals surface area contributed by atoms with Crippen LogP contribution in [0.1, 0.15) is 17.4 Å². The van der Waals surface area contributed by atoms with Crippen molar-refractivity contribution in [3.63, 3.8) is 0 Å². The van der Waals surface area contributed by atoms with Crippen LogP contribution in [-0.4, -0.2) is 41.8 Å². The molecule has 1 aromatic rings. The van der Waals surface area contributed by atoms with Crippen LogP contribution in [0.4, 0.5) is 0 Å². The lowest BCUT2D eigenvalue weighted by molar-refractivity contribution is -0.151. The number of hydrogen-bond acceptors (Lipinski definition) is 4. The summed E-state index contributed by atoms with van der Waals surface area (Å²) in [6, 6.07) is 2.13. The van der Waals surface area contributed by atoms with Crippen molar-refractivity contribution in [2.45, 2.75) is 26.0 Å². The highest BCUT2D eigenvalue weighted by molar-refractivity contribution is 7.10. The minimum absolute atomic E-state index is 0.439. The van der Waals surface area contributed by atoms with Gasteiger partial charge in [0.1, 0.15) is 0 Å². The van der Waals surface area contributed by atoms with E-state index in [-0.39, 0.29) is 0 Å². The molecular weight excluding hydrogens is 238 g/mol. The van der Waals surface area contributed by atoms with E-state index < -0.39 is 12.1 Å². The topological polar surface area (TPSA) is 49.8 Å². The monoisotopic (exact) mass is 255 g/mol. The first-order chi connectivity index (χ1) is 8.20. The first-order valence-corrected chi connectivity index (χ1v) is 6.70. The van der Waals surface area contributed by atoms with Crippen molar-refractivity contribution >= 4 is 17.3 Å². The van der Waals surface area contributed by atoms with Gasteiger partial charge in [-0.05, 0) is 30.4 Å². The maximum Gasteiger partial charge on any atom is 0.334 e. The molecule has 0 aliphatic carbocycles. The first-order valence-electron chi connectivity index (χ1n) is 5.82. The van der Waals surface area contributed by atoms with Crippen molar-refractivity contribution in [3.05, 3.63) is 21.9 Å². The lowest BCUT2D eigenvalue weighted by Gasteiger charge is -2.28. The summed E-state index contributed by atoms with van der Waals surface area (Å²) in [5.74, 6) is -0.872. The molecule has 0 spiro atoms. The third-order valence-corrected chi connectivity index (χ3v) is 3.98. The molecule has 1 aliphatic heterocycles. The van der Waals surface area contributed by atoms with Gasteiger partial charge in [-0.3, -0.25) is 4.90 Å². The van der Waals surface area contributed by atoms with Crippen LogP contribution >= 0.6 is 11.3 Å². The lowest BCUT2D eigenvalue weighted by atomic mass is 10.1. The van der Waals surface area contributed by atoms with Gasteiger partial charge in [0.2, 0.25) is 0 Å². The third-order valence-electron chi connectivity index (χ3n) is 2.95. The van der Waals surface area contributed by atoms with Gasteiger partial charge in [0.25, 0.3) is 0 Å². The molecule has 1 atom stereocenters. The van der Waals surface area contributed by atoms with Gasteiger partial charge < -0.3 is 9.84 Å². The molecule has 1 aliphatic rings. The van der Waals surface area contributed by atoms with E-state index in [4.69, 9.17) is 9.84 Å². The smallest absolute Gasteiger partial charge is 0.334 e. The molecule has 1 unspecified atom stereocenters. The number of nitrogens with zero attached hydrogens (tertiary/aromatic N) is 1. The van der Waals surface area contributed by atoms with E-state index in [9.17, 15) is 4.79 Å². The molecule has 0 amide bonds. The standard InChI is InChI=1S/C12H17NO3S/c1-2-16-10(12(14)15)8-13-5-3-11-9(7-13)4-6-17-11/h4,6,10H,2-3,5,7-8H2,1H3,(H,14,15). The fourth-order valence-corrected chi connectivity index (χ4v) is 2.99. The van der Waals surface area contributed by atoms with Crippen LogP contribution in [0.2, 0.25) is 0 Å². The number of carbonyl (C=O) groups is 1. The van der Waals surface area contributed by atoms with E-state index >= 15 is 0 Å². The zero-order valence-corrected chi connectivity index (χ0v) is 10.7. The number of fused-ring (bicyclic) bond motifs is 1. The number of carboxylic acid groups (broad SMARTS) is 1. The number of carboxylic acids is 1. The largest absolute Gasteiger partial charge is 0.479 e. The Kier molecular flexibility index (Phi) is 4.15. The van der Waals surface area contributed by atoms with E-state index in [1.165, 1.54) is 10.4 Å². The molecule has 1 N–H and O–H groups in total. The molecule has 4 nitrogen and oxygen atoms in total. The Bertz CT molecular complexity index is 391. The quantitative estimate of drug-likeness (QED) is 0.868. The molecule has 0 saturated carbocycles. The molecule has 0 saturated heterocycles. The van der Waals surface area contributed by atoms with Crippen molar-refractivity contribution in [2.24, 2.45) is 0 Å². The van der Waals surface area contributed by atoms with E-state index in [1.807, 2.05) is 6.92 Å². The molecule has 2 rings (SSSR count). The second-order valence-electron chi connectivity index (χ2n) is 4.14. The highest BCUT2D eigenvalue weighted by atomic mass is 32.1. The lowest BCUT2D eigenvalue weighted by Crippen LogP contribution is -2.40. The van der Waals surface area contributed by atoms with Crippen LogP contribution in [-0.2, 0) is 22.5 Å². The predicted molar refractivity (Wildman–Crippen MR) is 66.3 cm³/mol. The average molecular weight is 255 g/mol. The maximum atomic E-state index is 11.0. The van der Waals surface area contributed by atoms with Crippen molar-refractivity contribution in [1.29, 1.82) is 0 Å². The van der Waals surface area contributed by atoms with Crippen molar-refractivity contribution in [1.82, 2.24) is 4.90 Å². The summed E-state index contributed by atoms with van der Waals surface area (Å²) in [6.07, 6.45) is 0.311.